The largest absolute Gasteiger partial charge is 0.493 e. The van der Waals surface area contributed by atoms with Crippen LogP contribution in [0.15, 0.2) is 36.4 Å². The number of benzene rings is 2. The molecule has 0 radical (unpaired) electrons. The summed E-state index contributed by atoms with van der Waals surface area (Å²) in [7, 11) is 4.43. The number of nitrogens with zero attached hydrogens (tertiary/aromatic N) is 1. The molecule has 0 aliphatic carbocycles. The Morgan fingerprint density at radius 2 is 1.50 bits per heavy atom. The van der Waals surface area contributed by atoms with Gasteiger partial charge in [0.25, 0.3) is 0 Å². The smallest absolute Gasteiger partial charge is 0.333 e. The lowest BCUT2D eigenvalue weighted by molar-refractivity contribution is -0.115. The Labute approximate surface area is 151 Å². The van der Waals surface area contributed by atoms with Crippen LogP contribution in [0.1, 0.15) is 6.92 Å². The topological polar surface area (TPSA) is 103 Å². The van der Waals surface area contributed by atoms with Crippen LogP contribution in [-0.4, -0.2) is 33.3 Å². The van der Waals surface area contributed by atoms with Crippen LogP contribution in [0.3, 0.4) is 0 Å². The van der Waals surface area contributed by atoms with E-state index in [2.05, 4.69) is 5.32 Å². The Morgan fingerprint density at radius 1 is 0.962 bits per heavy atom. The minimum absolute atomic E-state index is 0.379. The van der Waals surface area contributed by atoms with Crippen LogP contribution >= 0.6 is 0 Å². The number of nitrogens with two attached hydrogens (primary N) is 1. The SMILES string of the molecule is COc1cc(NC(=O)N(C(C)=O)c2ccc(N)cc2)cc(OC)c1OC. The van der Waals surface area contributed by atoms with Crippen LogP contribution in [0, 0.1) is 0 Å². The molecule has 0 spiro atoms. The molecule has 0 aliphatic rings. The Bertz CT molecular complexity index is 780. The third kappa shape index (κ3) is 3.97. The van der Waals surface area contributed by atoms with Crippen molar-refractivity contribution in [1.29, 1.82) is 0 Å². The van der Waals surface area contributed by atoms with Gasteiger partial charge in [-0.1, -0.05) is 0 Å². The molecule has 3 amide bonds. The fourth-order valence-electron chi connectivity index (χ4n) is 2.40. The maximum atomic E-state index is 12.6. The molecule has 0 saturated carbocycles. The Hall–Kier alpha value is -3.42. The van der Waals surface area contributed by atoms with Crippen molar-refractivity contribution in [3.05, 3.63) is 36.4 Å². The van der Waals surface area contributed by atoms with Gasteiger partial charge < -0.3 is 25.3 Å². The number of imide groups is 1. The van der Waals surface area contributed by atoms with Gasteiger partial charge in [-0.15, -0.1) is 0 Å². The fourth-order valence-corrected chi connectivity index (χ4v) is 2.40. The van der Waals surface area contributed by atoms with Gasteiger partial charge in [-0.25, -0.2) is 9.69 Å². The minimum atomic E-state index is -0.628. The van der Waals surface area contributed by atoms with Crippen molar-refractivity contribution in [1.82, 2.24) is 0 Å². The van der Waals surface area contributed by atoms with E-state index in [1.807, 2.05) is 0 Å². The summed E-state index contributed by atoms with van der Waals surface area (Å²) in [5, 5.41) is 2.66. The Kier molecular flexibility index (Phi) is 5.90. The molecule has 0 unspecified atom stereocenters. The molecule has 0 aliphatic heterocycles. The summed E-state index contributed by atoms with van der Waals surface area (Å²) in [4.78, 5) is 25.6. The molecule has 26 heavy (non-hydrogen) atoms. The van der Waals surface area contributed by atoms with Crippen molar-refractivity contribution in [2.75, 3.05) is 37.3 Å². The highest BCUT2D eigenvalue weighted by Gasteiger charge is 2.22. The quantitative estimate of drug-likeness (QED) is 0.796. The summed E-state index contributed by atoms with van der Waals surface area (Å²) < 4.78 is 15.8. The van der Waals surface area contributed by atoms with Gasteiger partial charge in [-0.05, 0) is 24.3 Å². The summed E-state index contributed by atoms with van der Waals surface area (Å²) >= 11 is 0. The Balaban J connectivity index is 2.34. The van der Waals surface area contributed by atoms with Crippen LogP contribution in [-0.2, 0) is 4.79 Å². The highest BCUT2D eigenvalue weighted by atomic mass is 16.5. The van der Waals surface area contributed by atoms with Gasteiger partial charge in [0.05, 0.1) is 32.7 Å². The molecule has 0 aromatic heterocycles. The number of hydrogen-bond donors (Lipinski definition) is 2. The zero-order chi connectivity index (χ0) is 19.3. The molecule has 8 heteroatoms. The zero-order valence-corrected chi connectivity index (χ0v) is 15.0. The van der Waals surface area contributed by atoms with Gasteiger partial charge in [0, 0.05) is 24.7 Å². The summed E-state index contributed by atoms with van der Waals surface area (Å²) in [5.41, 5.74) is 6.96. The summed E-state index contributed by atoms with van der Waals surface area (Å²) in [6.45, 7) is 1.30. The molecule has 0 heterocycles. The number of nitrogens with one attached hydrogen (secondary N) is 1. The third-order valence-electron chi connectivity index (χ3n) is 3.59. The number of hydrogen-bond acceptors (Lipinski definition) is 6. The van der Waals surface area contributed by atoms with Gasteiger partial charge in [-0.2, -0.15) is 0 Å². The second-order valence-electron chi connectivity index (χ2n) is 5.29. The second kappa shape index (κ2) is 8.11. The first-order valence-corrected chi connectivity index (χ1v) is 7.68. The van der Waals surface area contributed by atoms with E-state index in [1.165, 1.54) is 28.3 Å². The molecule has 2 rings (SSSR count). The van der Waals surface area contributed by atoms with Gasteiger partial charge in [-0.3, -0.25) is 4.79 Å². The van der Waals surface area contributed by atoms with E-state index in [9.17, 15) is 9.59 Å². The molecule has 8 nitrogen and oxygen atoms in total. The molecule has 0 atom stereocenters. The van der Waals surface area contributed by atoms with E-state index in [0.29, 0.717) is 34.3 Å². The number of rotatable bonds is 5. The predicted molar refractivity (Wildman–Crippen MR) is 99.1 cm³/mol. The number of carbonyl (C=O) groups excluding carboxylic acids is 2. The van der Waals surface area contributed by atoms with Crippen LogP contribution in [0.5, 0.6) is 17.2 Å². The summed E-state index contributed by atoms with van der Waals surface area (Å²) in [5.74, 6) is 0.711. The highest BCUT2D eigenvalue weighted by Crippen LogP contribution is 2.40. The summed E-state index contributed by atoms with van der Waals surface area (Å²) in [6.07, 6.45) is 0. The standard InChI is InChI=1S/C18H21N3O5/c1-11(22)21(14-7-5-12(19)6-8-14)18(23)20-13-9-15(24-2)17(26-4)16(10-13)25-3/h5-10H,19H2,1-4H3,(H,20,23). The van der Waals surface area contributed by atoms with Crippen molar-refractivity contribution in [3.63, 3.8) is 0 Å². The molecule has 0 fully saturated rings. The number of amides is 3. The van der Waals surface area contributed by atoms with Crippen molar-refractivity contribution in [2.45, 2.75) is 6.92 Å². The lowest BCUT2D eigenvalue weighted by Gasteiger charge is -2.21. The third-order valence-corrected chi connectivity index (χ3v) is 3.59. The molecular formula is C18H21N3O5. The average Bonchev–Trinajstić information content (AvgIpc) is 2.62. The second-order valence-corrected chi connectivity index (χ2v) is 5.29. The molecule has 0 saturated heterocycles. The van der Waals surface area contributed by atoms with Crippen LogP contribution in [0.4, 0.5) is 21.9 Å². The van der Waals surface area contributed by atoms with Crippen LogP contribution in [0.25, 0.3) is 0 Å². The molecule has 3 N–H and O–H groups in total. The monoisotopic (exact) mass is 359 g/mol. The molecular weight excluding hydrogens is 338 g/mol. The van der Waals surface area contributed by atoms with Gasteiger partial charge in [0.1, 0.15) is 0 Å². The maximum Gasteiger partial charge on any atom is 0.333 e. The summed E-state index contributed by atoms with van der Waals surface area (Å²) in [6, 6.07) is 8.91. The number of methoxy groups -OCH3 is 3. The fraction of sp³-hybridized carbons (Fsp3) is 0.222. The first-order chi connectivity index (χ1) is 12.4. The lowest BCUT2D eigenvalue weighted by Crippen LogP contribution is -2.38. The number of ether oxygens (including phenoxy) is 3. The van der Waals surface area contributed by atoms with Crippen molar-refractivity contribution in [2.24, 2.45) is 0 Å². The van der Waals surface area contributed by atoms with E-state index in [-0.39, 0.29) is 0 Å². The van der Waals surface area contributed by atoms with Crippen molar-refractivity contribution >= 4 is 29.0 Å². The molecule has 138 valence electrons. The lowest BCUT2D eigenvalue weighted by atomic mass is 10.2. The van der Waals surface area contributed by atoms with Crippen molar-refractivity contribution in [3.8, 4) is 17.2 Å². The van der Waals surface area contributed by atoms with Gasteiger partial charge in [0.2, 0.25) is 11.7 Å². The van der Waals surface area contributed by atoms with E-state index >= 15 is 0 Å². The minimum Gasteiger partial charge on any atom is -0.493 e. The number of carbonyl (C=O) groups is 2. The zero-order valence-electron chi connectivity index (χ0n) is 15.0. The average molecular weight is 359 g/mol. The predicted octanol–water partition coefficient (Wildman–Crippen LogP) is 2.88. The number of anilines is 3. The van der Waals surface area contributed by atoms with Crippen LogP contribution < -0.4 is 30.2 Å². The van der Waals surface area contributed by atoms with Gasteiger partial charge in [0.15, 0.2) is 11.5 Å². The maximum absolute atomic E-state index is 12.6. The Morgan fingerprint density at radius 3 is 1.92 bits per heavy atom. The van der Waals surface area contributed by atoms with E-state index in [0.717, 1.165) is 4.90 Å². The number of nitrogen functional groups attached to an aromatic ring is 1. The normalized spacial score (nSPS) is 10.0. The first-order valence-electron chi connectivity index (χ1n) is 7.68. The van der Waals surface area contributed by atoms with E-state index in [4.69, 9.17) is 19.9 Å². The van der Waals surface area contributed by atoms with E-state index < -0.39 is 11.9 Å². The van der Waals surface area contributed by atoms with Gasteiger partial charge >= 0.3 is 6.03 Å². The molecule has 0 bridgehead atoms. The molecule has 2 aromatic carbocycles. The van der Waals surface area contributed by atoms with E-state index in [1.54, 1.807) is 36.4 Å². The van der Waals surface area contributed by atoms with Crippen LogP contribution in [0.2, 0.25) is 0 Å². The highest BCUT2D eigenvalue weighted by molar-refractivity contribution is 6.17. The number of urea groups is 1. The molecule has 2 aromatic rings. The first kappa shape index (κ1) is 18.9. The van der Waals surface area contributed by atoms with Crippen molar-refractivity contribution < 1.29 is 23.8 Å².